The molecule has 1 aromatic carbocycles. The maximum absolute atomic E-state index is 11.7. The molecule has 0 amide bonds. The van der Waals surface area contributed by atoms with Crippen molar-refractivity contribution in [3.8, 4) is 0 Å². The molecule has 0 N–H and O–H groups in total. The van der Waals surface area contributed by atoms with Crippen LogP contribution in [0.1, 0.15) is 28.8 Å². The van der Waals surface area contributed by atoms with Crippen LogP contribution in [0.15, 0.2) is 35.4 Å². The van der Waals surface area contributed by atoms with Crippen molar-refractivity contribution in [2.75, 3.05) is 6.61 Å². The summed E-state index contributed by atoms with van der Waals surface area (Å²) >= 11 is 7.66. The van der Waals surface area contributed by atoms with Crippen molar-refractivity contribution in [2.24, 2.45) is 0 Å². The van der Waals surface area contributed by atoms with Gasteiger partial charge in [0, 0.05) is 11.1 Å². The van der Waals surface area contributed by atoms with Crippen LogP contribution in [0.2, 0.25) is 5.02 Å². The highest BCUT2D eigenvalue weighted by molar-refractivity contribution is 7.98. The van der Waals surface area contributed by atoms with Gasteiger partial charge in [0.15, 0.2) is 0 Å². The summed E-state index contributed by atoms with van der Waals surface area (Å²) in [4.78, 5) is 21.2. The van der Waals surface area contributed by atoms with E-state index in [0.29, 0.717) is 34.5 Å². The van der Waals surface area contributed by atoms with E-state index in [9.17, 15) is 4.79 Å². The molecule has 0 aliphatic carbocycles. The fourth-order valence-electron chi connectivity index (χ4n) is 1.70. The number of esters is 1. The monoisotopic (exact) mass is 322 g/mol. The zero-order valence-corrected chi connectivity index (χ0v) is 13.4. The number of nitrogens with zero attached hydrogens (tertiary/aromatic N) is 2. The van der Waals surface area contributed by atoms with Crippen molar-refractivity contribution in [3.63, 3.8) is 0 Å². The van der Waals surface area contributed by atoms with Crippen molar-refractivity contribution in [1.29, 1.82) is 0 Å². The number of hydrogen-bond acceptors (Lipinski definition) is 5. The van der Waals surface area contributed by atoms with Crippen molar-refractivity contribution < 1.29 is 9.53 Å². The number of carbonyl (C=O) groups excluding carboxylic acids is 1. The summed E-state index contributed by atoms with van der Waals surface area (Å²) in [5.74, 6) is 0.860. The summed E-state index contributed by atoms with van der Waals surface area (Å²) < 4.78 is 4.95. The fraction of sp³-hybridized carbons (Fsp3) is 0.267. The second-order valence-electron chi connectivity index (χ2n) is 4.22. The maximum Gasteiger partial charge on any atom is 0.341 e. The smallest absolute Gasteiger partial charge is 0.341 e. The topological polar surface area (TPSA) is 52.1 Å². The lowest BCUT2D eigenvalue weighted by Gasteiger charge is -2.07. The number of hydrogen-bond donors (Lipinski definition) is 0. The molecule has 0 unspecified atom stereocenters. The Morgan fingerprint density at radius 1 is 1.38 bits per heavy atom. The number of halogens is 1. The van der Waals surface area contributed by atoms with Crippen LogP contribution in [-0.4, -0.2) is 22.5 Å². The van der Waals surface area contributed by atoms with E-state index in [1.54, 1.807) is 25.6 Å². The Morgan fingerprint density at radius 3 is 2.81 bits per heavy atom. The molecule has 2 rings (SSSR count). The quantitative estimate of drug-likeness (QED) is 0.617. The van der Waals surface area contributed by atoms with Crippen LogP contribution in [0.25, 0.3) is 0 Å². The predicted molar refractivity (Wildman–Crippen MR) is 83.7 cm³/mol. The fourth-order valence-corrected chi connectivity index (χ4v) is 2.80. The minimum atomic E-state index is -0.389. The molecule has 0 aliphatic rings. The number of aryl methyl sites for hydroxylation is 1. The SMILES string of the molecule is CCOC(=O)c1cnc(CSc2ccccc2Cl)nc1C. The summed E-state index contributed by atoms with van der Waals surface area (Å²) in [6.45, 7) is 3.88. The first-order chi connectivity index (χ1) is 10.1. The molecule has 0 bridgehead atoms. The molecule has 0 spiro atoms. The highest BCUT2D eigenvalue weighted by atomic mass is 35.5. The third-order valence-corrected chi connectivity index (χ3v) is 4.23. The molecular formula is C15H15ClN2O2S. The van der Waals surface area contributed by atoms with Gasteiger partial charge < -0.3 is 4.74 Å². The Bertz CT molecular complexity index is 649. The lowest BCUT2D eigenvalue weighted by molar-refractivity contribution is 0.0524. The molecule has 6 heteroatoms. The Balaban J connectivity index is 2.07. The van der Waals surface area contributed by atoms with E-state index in [-0.39, 0.29) is 5.97 Å². The minimum absolute atomic E-state index is 0.336. The van der Waals surface area contributed by atoms with Gasteiger partial charge in [0.05, 0.1) is 28.6 Å². The number of ether oxygens (including phenoxy) is 1. The molecule has 110 valence electrons. The third kappa shape index (κ3) is 4.19. The summed E-state index contributed by atoms with van der Waals surface area (Å²) in [7, 11) is 0. The first-order valence-corrected chi connectivity index (χ1v) is 7.85. The molecule has 0 saturated heterocycles. The van der Waals surface area contributed by atoms with Crippen LogP contribution in [0.3, 0.4) is 0 Å². The van der Waals surface area contributed by atoms with Crippen LogP contribution in [-0.2, 0) is 10.5 Å². The zero-order valence-electron chi connectivity index (χ0n) is 11.8. The molecule has 21 heavy (non-hydrogen) atoms. The highest BCUT2D eigenvalue weighted by Crippen LogP contribution is 2.28. The molecule has 0 saturated carbocycles. The Hall–Kier alpha value is -1.59. The number of rotatable bonds is 5. The van der Waals surface area contributed by atoms with E-state index < -0.39 is 0 Å². The Labute approximate surface area is 132 Å². The second-order valence-corrected chi connectivity index (χ2v) is 5.65. The van der Waals surface area contributed by atoms with E-state index in [0.717, 1.165) is 4.90 Å². The van der Waals surface area contributed by atoms with Crippen LogP contribution >= 0.6 is 23.4 Å². The molecule has 0 fully saturated rings. The van der Waals surface area contributed by atoms with Crippen LogP contribution in [0.5, 0.6) is 0 Å². The van der Waals surface area contributed by atoms with Crippen molar-refractivity contribution in [3.05, 3.63) is 52.6 Å². The Kier molecular flexibility index (Phi) is 5.59. The van der Waals surface area contributed by atoms with E-state index in [4.69, 9.17) is 16.3 Å². The molecule has 1 aromatic heterocycles. The van der Waals surface area contributed by atoms with Gasteiger partial charge in [0.25, 0.3) is 0 Å². The van der Waals surface area contributed by atoms with Gasteiger partial charge in [-0.1, -0.05) is 23.7 Å². The standard InChI is InChI=1S/C15H15ClN2O2S/c1-3-20-15(19)11-8-17-14(18-10(11)2)9-21-13-7-5-4-6-12(13)16/h4-8H,3,9H2,1-2H3. The van der Waals surface area contributed by atoms with Gasteiger partial charge in [0.2, 0.25) is 0 Å². The second kappa shape index (κ2) is 7.43. The largest absolute Gasteiger partial charge is 0.462 e. The van der Waals surface area contributed by atoms with Crippen molar-refractivity contribution in [1.82, 2.24) is 9.97 Å². The minimum Gasteiger partial charge on any atom is -0.462 e. The van der Waals surface area contributed by atoms with Gasteiger partial charge in [-0.25, -0.2) is 14.8 Å². The van der Waals surface area contributed by atoms with Crippen molar-refractivity contribution >= 4 is 29.3 Å². The third-order valence-electron chi connectivity index (χ3n) is 2.72. The first-order valence-electron chi connectivity index (χ1n) is 6.48. The molecule has 0 atom stereocenters. The zero-order chi connectivity index (χ0) is 15.2. The van der Waals surface area contributed by atoms with E-state index in [1.165, 1.54) is 6.20 Å². The highest BCUT2D eigenvalue weighted by Gasteiger charge is 2.13. The van der Waals surface area contributed by atoms with Crippen LogP contribution < -0.4 is 0 Å². The van der Waals surface area contributed by atoms with Gasteiger partial charge in [-0.2, -0.15) is 0 Å². The lowest BCUT2D eigenvalue weighted by Crippen LogP contribution is -2.10. The van der Waals surface area contributed by atoms with Gasteiger partial charge in [-0.05, 0) is 26.0 Å². The molecule has 0 aliphatic heterocycles. The average Bonchev–Trinajstić information content (AvgIpc) is 2.46. The van der Waals surface area contributed by atoms with Gasteiger partial charge >= 0.3 is 5.97 Å². The van der Waals surface area contributed by atoms with Gasteiger partial charge in [-0.3, -0.25) is 0 Å². The number of carbonyl (C=O) groups is 1. The van der Waals surface area contributed by atoms with Gasteiger partial charge in [0.1, 0.15) is 5.82 Å². The van der Waals surface area contributed by atoms with E-state index >= 15 is 0 Å². The summed E-state index contributed by atoms with van der Waals surface area (Å²) in [6.07, 6.45) is 1.52. The van der Waals surface area contributed by atoms with E-state index in [1.807, 2.05) is 24.3 Å². The first kappa shape index (κ1) is 15.8. The van der Waals surface area contributed by atoms with E-state index in [2.05, 4.69) is 9.97 Å². The number of aromatic nitrogens is 2. The summed E-state index contributed by atoms with van der Waals surface area (Å²) in [5.41, 5.74) is 1.03. The van der Waals surface area contributed by atoms with Gasteiger partial charge in [-0.15, -0.1) is 11.8 Å². The molecule has 1 heterocycles. The Morgan fingerprint density at radius 2 is 2.14 bits per heavy atom. The molecular weight excluding hydrogens is 308 g/mol. The predicted octanol–water partition coefficient (Wildman–Crippen LogP) is 3.91. The number of benzene rings is 1. The van der Waals surface area contributed by atoms with Crippen LogP contribution in [0, 0.1) is 6.92 Å². The molecule has 4 nitrogen and oxygen atoms in total. The molecule has 0 radical (unpaired) electrons. The summed E-state index contributed by atoms with van der Waals surface area (Å²) in [6, 6.07) is 7.62. The average molecular weight is 323 g/mol. The summed E-state index contributed by atoms with van der Waals surface area (Å²) in [5, 5.41) is 0.711. The lowest BCUT2D eigenvalue weighted by atomic mass is 10.2. The maximum atomic E-state index is 11.7. The van der Waals surface area contributed by atoms with Crippen molar-refractivity contribution in [2.45, 2.75) is 24.5 Å². The number of thioether (sulfide) groups is 1. The normalized spacial score (nSPS) is 10.4. The molecule has 2 aromatic rings. The van der Waals surface area contributed by atoms with Crippen LogP contribution in [0.4, 0.5) is 0 Å².